The summed E-state index contributed by atoms with van der Waals surface area (Å²) in [5.41, 5.74) is 0.760. The lowest BCUT2D eigenvalue weighted by Crippen LogP contribution is -1.99. The number of carbonyl (C=O) groups excluding carboxylic acids is 1. The second-order valence-electron chi connectivity index (χ2n) is 2.80. The molecule has 0 aliphatic heterocycles. The summed E-state index contributed by atoms with van der Waals surface area (Å²) in [6.45, 7) is 3.41. The van der Waals surface area contributed by atoms with Crippen LogP contribution in [0.5, 0.6) is 5.75 Å². The molecule has 1 aromatic rings. The van der Waals surface area contributed by atoms with Crippen molar-refractivity contribution in [2.24, 2.45) is 0 Å². The van der Waals surface area contributed by atoms with E-state index in [1.54, 1.807) is 25.3 Å². The highest BCUT2D eigenvalue weighted by Gasteiger charge is 2.05. The van der Waals surface area contributed by atoms with Gasteiger partial charge >= 0.3 is 0 Å². The Morgan fingerprint density at radius 2 is 2.36 bits per heavy atom. The number of halogens is 1. The molecule has 1 aromatic carbocycles. The topological polar surface area (TPSA) is 26.3 Å². The molecule has 0 atom stereocenters. The highest BCUT2D eigenvalue weighted by atomic mass is 35.5. The van der Waals surface area contributed by atoms with E-state index in [9.17, 15) is 4.79 Å². The van der Waals surface area contributed by atoms with Crippen LogP contribution >= 0.6 is 11.6 Å². The SMILES string of the molecule is C=CC(=O)Cc1cc(OC)ccc1Cl. The first kappa shape index (κ1) is 10.8. The van der Waals surface area contributed by atoms with Crippen molar-refractivity contribution in [2.45, 2.75) is 6.42 Å². The second kappa shape index (κ2) is 4.82. The Morgan fingerprint density at radius 1 is 1.64 bits per heavy atom. The maximum Gasteiger partial charge on any atom is 0.159 e. The van der Waals surface area contributed by atoms with Crippen molar-refractivity contribution in [1.29, 1.82) is 0 Å². The maximum atomic E-state index is 11.1. The number of carbonyl (C=O) groups is 1. The fraction of sp³-hybridized carbons (Fsp3) is 0.182. The predicted molar refractivity (Wildman–Crippen MR) is 56.9 cm³/mol. The van der Waals surface area contributed by atoms with Gasteiger partial charge in [0.05, 0.1) is 7.11 Å². The average Bonchev–Trinajstić information content (AvgIpc) is 2.21. The van der Waals surface area contributed by atoms with Crippen molar-refractivity contribution < 1.29 is 9.53 Å². The molecule has 0 heterocycles. The summed E-state index contributed by atoms with van der Waals surface area (Å²) in [5.74, 6) is 0.640. The molecule has 0 bridgehead atoms. The summed E-state index contributed by atoms with van der Waals surface area (Å²) < 4.78 is 5.03. The van der Waals surface area contributed by atoms with Gasteiger partial charge in [-0.3, -0.25) is 4.79 Å². The van der Waals surface area contributed by atoms with Crippen LogP contribution < -0.4 is 4.74 Å². The highest BCUT2D eigenvalue weighted by Crippen LogP contribution is 2.22. The third kappa shape index (κ3) is 2.60. The van der Waals surface area contributed by atoms with Gasteiger partial charge < -0.3 is 4.74 Å². The van der Waals surface area contributed by atoms with Gasteiger partial charge in [-0.25, -0.2) is 0 Å². The van der Waals surface area contributed by atoms with E-state index in [2.05, 4.69) is 6.58 Å². The standard InChI is InChI=1S/C11H11ClO2/c1-3-9(13)6-8-7-10(14-2)4-5-11(8)12/h3-5,7H,1,6H2,2H3. The minimum absolute atomic E-state index is 0.0554. The Kier molecular flexibility index (Phi) is 3.72. The number of rotatable bonds is 4. The van der Waals surface area contributed by atoms with Crippen LogP contribution in [0.1, 0.15) is 5.56 Å². The van der Waals surface area contributed by atoms with Gasteiger partial charge in [0.25, 0.3) is 0 Å². The van der Waals surface area contributed by atoms with Crippen molar-refractivity contribution in [3.8, 4) is 5.75 Å². The highest BCUT2D eigenvalue weighted by molar-refractivity contribution is 6.31. The van der Waals surface area contributed by atoms with Gasteiger partial charge in [-0.2, -0.15) is 0 Å². The number of allylic oxidation sites excluding steroid dienone is 1. The average molecular weight is 211 g/mol. The first-order chi connectivity index (χ1) is 6.67. The first-order valence-electron chi connectivity index (χ1n) is 4.15. The lowest BCUT2D eigenvalue weighted by molar-refractivity contribution is -0.114. The van der Waals surface area contributed by atoms with Crippen LogP contribution in [-0.4, -0.2) is 12.9 Å². The number of hydrogen-bond donors (Lipinski definition) is 0. The first-order valence-corrected chi connectivity index (χ1v) is 4.53. The quantitative estimate of drug-likeness (QED) is 0.715. The zero-order valence-electron chi connectivity index (χ0n) is 7.92. The second-order valence-corrected chi connectivity index (χ2v) is 3.21. The van der Waals surface area contributed by atoms with Crippen LogP contribution in [0, 0.1) is 0 Å². The summed E-state index contributed by atoms with van der Waals surface area (Å²) in [4.78, 5) is 11.1. The molecule has 2 nitrogen and oxygen atoms in total. The third-order valence-corrected chi connectivity index (χ3v) is 2.21. The van der Waals surface area contributed by atoms with Crippen molar-refractivity contribution in [2.75, 3.05) is 7.11 Å². The Labute approximate surface area is 88.1 Å². The summed E-state index contributed by atoms with van der Waals surface area (Å²) in [5, 5.41) is 0.570. The van der Waals surface area contributed by atoms with Crippen molar-refractivity contribution in [3.05, 3.63) is 41.4 Å². The molecule has 0 aliphatic rings. The summed E-state index contributed by atoms with van der Waals surface area (Å²) in [6.07, 6.45) is 1.55. The molecule has 74 valence electrons. The summed E-state index contributed by atoms with van der Waals surface area (Å²) in [7, 11) is 1.57. The monoisotopic (exact) mass is 210 g/mol. The van der Waals surface area contributed by atoms with Crippen molar-refractivity contribution in [3.63, 3.8) is 0 Å². The fourth-order valence-electron chi connectivity index (χ4n) is 1.07. The zero-order chi connectivity index (χ0) is 10.6. The van der Waals surface area contributed by atoms with Crippen LogP contribution in [0.2, 0.25) is 5.02 Å². The molecule has 0 saturated carbocycles. The molecule has 0 radical (unpaired) electrons. The predicted octanol–water partition coefficient (Wildman–Crippen LogP) is 2.65. The Balaban J connectivity index is 2.94. The number of methoxy groups -OCH3 is 1. The molecular weight excluding hydrogens is 200 g/mol. The largest absolute Gasteiger partial charge is 0.497 e. The molecule has 14 heavy (non-hydrogen) atoms. The van der Waals surface area contributed by atoms with Gasteiger partial charge in [0.2, 0.25) is 0 Å². The van der Waals surface area contributed by atoms with Gasteiger partial charge in [0.1, 0.15) is 5.75 Å². The number of ketones is 1. The maximum absolute atomic E-state index is 11.1. The van der Waals surface area contributed by atoms with Crippen molar-refractivity contribution >= 4 is 17.4 Å². The van der Waals surface area contributed by atoms with Gasteiger partial charge in [-0.1, -0.05) is 18.2 Å². The molecule has 3 heteroatoms. The lowest BCUT2D eigenvalue weighted by Gasteiger charge is -2.04. The fourth-order valence-corrected chi connectivity index (χ4v) is 1.26. The van der Waals surface area contributed by atoms with E-state index < -0.39 is 0 Å². The third-order valence-electron chi connectivity index (χ3n) is 1.85. The molecular formula is C11H11ClO2. The van der Waals surface area contributed by atoms with E-state index in [1.165, 1.54) is 6.08 Å². The van der Waals surface area contributed by atoms with Crippen LogP contribution in [0.3, 0.4) is 0 Å². The van der Waals surface area contributed by atoms with Gasteiger partial charge in [-0.15, -0.1) is 0 Å². The van der Waals surface area contributed by atoms with Gasteiger partial charge in [-0.05, 0) is 29.8 Å². The molecule has 0 N–H and O–H groups in total. The summed E-state index contributed by atoms with van der Waals surface area (Å²) >= 11 is 5.91. The number of ether oxygens (including phenoxy) is 1. The van der Waals surface area contributed by atoms with E-state index in [1.807, 2.05) is 0 Å². The number of benzene rings is 1. The Hall–Kier alpha value is -1.28. The van der Waals surface area contributed by atoms with E-state index in [-0.39, 0.29) is 12.2 Å². The van der Waals surface area contributed by atoms with Gasteiger partial charge in [0.15, 0.2) is 5.78 Å². The molecule has 0 amide bonds. The smallest absolute Gasteiger partial charge is 0.159 e. The zero-order valence-corrected chi connectivity index (χ0v) is 8.67. The van der Waals surface area contributed by atoms with Crippen LogP contribution in [-0.2, 0) is 11.2 Å². The molecule has 0 aliphatic carbocycles. The molecule has 0 spiro atoms. The van der Waals surface area contributed by atoms with Crippen LogP contribution in [0.25, 0.3) is 0 Å². The van der Waals surface area contributed by atoms with Gasteiger partial charge in [0, 0.05) is 11.4 Å². The minimum Gasteiger partial charge on any atom is -0.497 e. The molecule has 0 saturated heterocycles. The lowest BCUT2D eigenvalue weighted by atomic mass is 10.1. The molecule has 0 aromatic heterocycles. The van der Waals surface area contributed by atoms with E-state index >= 15 is 0 Å². The minimum atomic E-state index is -0.0554. The normalized spacial score (nSPS) is 9.57. The van der Waals surface area contributed by atoms with Crippen LogP contribution in [0.15, 0.2) is 30.9 Å². The van der Waals surface area contributed by atoms with Crippen molar-refractivity contribution in [1.82, 2.24) is 0 Å². The summed E-state index contributed by atoms with van der Waals surface area (Å²) in [6, 6.07) is 5.22. The molecule has 0 fully saturated rings. The molecule has 0 unspecified atom stereocenters. The number of hydrogen-bond acceptors (Lipinski definition) is 2. The molecule has 1 rings (SSSR count). The van der Waals surface area contributed by atoms with E-state index in [0.717, 1.165) is 5.56 Å². The van der Waals surface area contributed by atoms with Crippen LogP contribution in [0.4, 0.5) is 0 Å². The van der Waals surface area contributed by atoms with E-state index in [4.69, 9.17) is 16.3 Å². The van der Waals surface area contributed by atoms with E-state index in [0.29, 0.717) is 10.8 Å². The Bertz CT molecular complexity index is 358. The Morgan fingerprint density at radius 3 is 2.93 bits per heavy atom.